The normalized spacial score (nSPS) is 12.4. The average Bonchev–Trinajstić information content (AvgIpc) is 2.45. The maximum absolute atomic E-state index is 6.39. The largest absolute Gasteiger partial charge is 0.310 e. The van der Waals surface area contributed by atoms with Crippen LogP contribution in [0.4, 0.5) is 0 Å². The van der Waals surface area contributed by atoms with Crippen molar-refractivity contribution in [3.8, 4) is 0 Å². The molecule has 0 heterocycles. The van der Waals surface area contributed by atoms with Gasteiger partial charge in [0.15, 0.2) is 0 Å². The van der Waals surface area contributed by atoms with Crippen molar-refractivity contribution >= 4 is 46.6 Å². The molecule has 2 aromatic rings. The van der Waals surface area contributed by atoms with Gasteiger partial charge < -0.3 is 5.32 Å². The van der Waals surface area contributed by atoms with E-state index in [0.29, 0.717) is 10.0 Å². The molecule has 0 saturated carbocycles. The molecule has 0 spiro atoms. The molecule has 1 unspecified atom stereocenters. The van der Waals surface area contributed by atoms with Gasteiger partial charge in [-0.3, -0.25) is 0 Å². The van der Waals surface area contributed by atoms with Crippen LogP contribution in [0.15, 0.2) is 46.2 Å². The summed E-state index contributed by atoms with van der Waals surface area (Å²) in [5.41, 5.74) is 1.17. The van der Waals surface area contributed by atoms with Gasteiger partial charge in [0.1, 0.15) is 0 Å². The molecule has 2 aromatic carbocycles. The smallest absolute Gasteiger partial charge is 0.0548 e. The van der Waals surface area contributed by atoms with Crippen LogP contribution in [-0.2, 0) is 0 Å². The highest BCUT2D eigenvalue weighted by Gasteiger charge is 2.10. The predicted molar refractivity (Wildman–Crippen MR) is 94.1 cm³/mol. The topological polar surface area (TPSA) is 12.0 Å². The van der Waals surface area contributed by atoms with E-state index < -0.39 is 0 Å². The van der Waals surface area contributed by atoms with Crippen molar-refractivity contribution in [2.75, 3.05) is 6.54 Å². The van der Waals surface area contributed by atoms with Crippen LogP contribution >= 0.6 is 46.6 Å². The van der Waals surface area contributed by atoms with Gasteiger partial charge in [-0.1, -0.05) is 59.6 Å². The van der Waals surface area contributed by atoms with Crippen molar-refractivity contribution in [1.29, 1.82) is 0 Å². The van der Waals surface area contributed by atoms with Crippen LogP contribution in [0.3, 0.4) is 0 Å². The van der Waals surface area contributed by atoms with Crippen molar-refractivity contribution < 1.29 is 0 Å². The van der Waals surface area contributed by atoms with Crippen molar-refractivity contribution in [3.63, 3.8) is 0 Å². The van der Waals surface area contributed by atoms with Gasteiger partial charge in [-0.05, 0) is 49.4 Å². The Kier molecular flexibility index (Phi) is 6.27. The lowest BCUT2D eigenvalue weighted by Crippen LogP contribution is -2.17. The van der Waals surface area contributed by atoms with Crippen molar-refractivity contribution in [2.45, 2.75) is 29.7 Å². The van der Waals surface area contributed by atoms with E-state index in [0.717, 1.165) is 21.4 Å². The Morgan fingerprint density at radius 3 is 2.43 bits per heavy atom. The summed E-state index contributed by atoms with van der Waals surface area (Å²) in [4.78, 5) is 1.87. The van der Waals surface area contributed by atoms with Gasteiger partial charge in [-0.25, -0.2) is 0 Å². The van der Waals surface area contributed by atoms with Crippen molar-refractivity contribution in [3.05, 3.63) is 57.0 Å². The minimum atomic E-state index is 0.279. The predicted octanol–water partition coefficient (Wildman–Crippen LogP) is 6.47. The molecule has 0 amide bonds. The fourth-order valence-electron chi connectivity index (χ4n) is 1.97. The highest BCUT2D eigenvalue weighted by atomic mass is 35.5. The highest BCUT2D eigenvalue weighted by Crippen LogP contribution is 2.39. The van der Waals surface area contributed by atoms with Gasteiger partial charge in [0, 0.05) is 20.9 Å². The second-order valence-electron chi connectivity index (χ2n) is 4.65. The third kappa shape index (κ3) is 4.54. The van der Waals surface area contributed by atoms with E-state index in [9.17, 15) is 0 Å². The lowest BCUT2D eigenvalue weighted by Gasteiger charge is -2.14. The number of benzene rings is 2. The minimum Gasteiger partial charge on any atom is -0.310 e. The molecule has 5 heteroatoms. The molecule has 0 saturated heterocycles. The summed E-state index contributed by atoms with van der Waals surface area (Å²) >= 11 is 20.1. The van der Waals surface area contributed by atoms with Crippen LogP contribution in [0.25, 0.3) is 0 Å². The van der Waals surface area contributed by atoms with Crippen LogP contribution in [0.2, 0.25) is 15.1 Å². The summed E-state index contributed by atoms with van der Waals surface area (Å²) in [6.45, 7) is 5.13. The number of rotatable bonds is 5. The molecule has 2 rings (SSSR count). The molecular weight excluding hydrogens is 345 g/mol. The van der Waals surface area contributed by atoms with Gasteiger partial charge in [0.2, 0.25) is 0 Å². The van der Waals surface area contributed by atoms with Crippen molar-refractivity contribution in [1.82, 2.24) is 5.32 Å². The Morgan fingerprint density at radius 2 is 1.76 bits per heavy atom. The lowest BCUT2D eigenvalue weighted by molar-refractivity contribution is 0.598. The molecule has 0 bridgehead atoms. The Labute approximate surface area is 145 Å². The molecule has 0 aliphatic carbocycles. The standard InChI is InChI=1S/C16H16Cl3NS/c1-3-20-10(2)11-4-7-15(14(19)8-11)21-16-9-12(17)5-6-13(16)18/h4-10,20H,3H2,1-2H3. The first-order valence-corrected chi connectivity index (χ1v) is 8.62. The van der Waals surface area contributed by atoms with E-state index >= 15 is 0 Å². The first-order valence-electron chi connectivity index (χ1n) is 6.67. The van der Waals surface area contributed by atoms with E-state index in [2.05, 4.69) is 25.2 Å². The van der Waals surface area contributed by atoms with Crippen LogP contribution in [0.1, 0.15) is 25.5 Å². The maximum atomic E-state index is 6.39. The molecule has 0 fully saturated rings. The molecular formula is C16H16Cl3NS. The summed E-state index contributed by atoms with van der Waals surface area (Å²) in [7, 11) is 0. The fourth-order valence-corrected chi connectivity index (χ4v) is 3.62. The van der Waals surface area contributed by atoms with Gasteiger partial charge in [0.05, 0.1) is 10.0 Å². The lowest BCUT2D eigenvalue weighted by atomic mass is 10.1. The summed E-state index contributed by atoms with van der Waals surface area (Å²) in [5.74, 6) is 0. The summed E-state index contributed by atoms with van der Waals surface area (Å²) in [5, 5.41) is 5.43. The van der Waals surface area contributed by atoms with Crippen molar-refractivity contribution in [2.24, 2.45) is 0 Å². The zero-order chi connectivity index (χ0) is 15.4. The number of nitrogens with one attached hydrogen (secondary N) is 1. The Hall–Kier alpha value is -0.380. The van der Waals surface area contributed by atoms with Crippen LogP contribution in [0, 0.1) is 0 Å². The van der Waals surface area contributed by atoms with E-state index in [1.165, 1.54) is 17.3 Å². The molecule has 21 heavy (non-hydrogen) atoms. The summed E-state index contributed by atoms with van der Waals surface area (Å²) in [6, 6.07) is 11.8. The monoisotopic (exact) mass is 359 g/mol. The van der Waals surface area contributed by atoms with E-state index in [4.69, 9.17) is 34.8 Å². The van der Waals surface area contributed by atoms with Crippen LogP contribution < -0.4 is 5.32 Å². The van der Waals surface area contributed by atoms with Gasteiger partial charge in [-0.2, -0.15) is 0 Å². The molecule has 1 nitrogen and oxygen atoms in total. The minimum absolute atomic E-state index is 0.279. The first-order chi connectivity index (χ1) is 10.0. The molecule has 0 aromatic heterocycles. The molecule has 1 N–H and O–H groups in total. The fraction of sp³-hybridized carbons (Fsp3) is 0.250. The SMILES string of the molecule is CCNC(C)c1ccc(Sc2cc(Cl)ccc2Cl)c(Cl)c1. The molecule has 0 aliphatic rings. The number of hydrogen-bond donors (Lipinski definition) is 1. The molecule has 0 radical (unpaired) electrons. The summed E-state index contributed by atoms with van der Waals surface area (Å²) in [6.07, 6.45) is 0. The Balaban J connectivity index is 2.23. The van der Waals surface area contributed by atoms with Gasteiger partial charge >= 0.3 is 0 Å². The van der Waals surface area contributed by atoms with Crippen LogP contribution in [-0.4, -0.2) is 6.54 Å². The number of hydrogen-bond acceptors (Lipinski definition) is 2. The molecule has 1 atom stereocenters. The first kappa shape index (κ1) is 17.0. The summed E-state index contributed by atoms with van der Waals surface area (Å²) < 4.78 is 0. The third-order valence-corrected chi connectivity index (χ3v) is 5.31. The van der Waals surface area contributed by atoms with E-state index in [-0.39, 0.29) is 6.04 Å². The molecule has 0 aliphatic heterocycles. The Bertz CT molecular complexity index is 631. The zero-order valence-electron chi connectivity index (χ0n) is 11.8. The van der Waals surface area contributed by atoms with Crippen LogP contribution in [0.5, 0.6) is 0 Å². The van der Waals surface area contributed by atoms with E-state index in [1.807, 2.05) is 18.2 Å². The maximum Gasteiger partial charge on any atom is 0.0548 e. The second kappa shape index (κ2) is 7.75. The number of halogens is 3. The third-order valence-electron chi connectivity index (χ3n) is 3.08. The Morgan fingerprint density at radius 1 is 1.00 bits per heavy atom. The van der Waals surface area contributed by atoms with Gasteiger partial charge in [0.25, 0.3) is 0 Å². The second-order valence-corrected chi connectivity index (χ2v) is 6.98. The van der Waals surface area contributed by atoms with E-state index in [1.54, 1.807) is 12.1 Å². The highest BCUT2D eigenvalue weighted by molar-refractivity contribution is 7.99. The average molecular weight is 361 g/mol. The molecule has 112 valence electrons. The zero-order valence-corrected chi connectivity index (χ0v) is 14.9. The quantitative estimate of drug-likeness (QED) is 0.656. The van der Waals surface area contributed by atoms with Gasteiger partial charge in [-0.15, -0.1) is 0 Å².